The molecule has 0 saturated carbocycles. The summed E-state index contributed by atoms with van der Waals surface area (Å²) in [5.41, 5.74) is 0.313. The molecule has 0 unspecified atom stereocenters. The average molecular weight is 340 g/mol. The minimum absolute atomic E-state index is 0.378. The van der Waals surface area contributed by atoms with E-state index in [2.05, 4.69) is 32.2 Å². The monoisotopic (exact) mass is 339 g/mol. The van der Waals surface area contributed by atoms with Crippen molar-refractivity contribution in [2.75, 3.05) is 13.7 Å². The van der Waals surface area contributed by atoms with Gasteiger partial charge < -0.3 is 14.0 Å². The van der Waals surface area contributed by atoms with Crippen LogP contribution in [0.5, 0.6) is 11.5 Å². The number of halogens is 1. The summed E-state index contributed by atoms with van der Waals surface area (Å²) >= 11 is 3.43. The Kier molecular flexibility index (Phi) is 4.34. The van der Waals surface area contributed by atoms with Gasteiger partial charge in [-0.2, -0.15) is 0 Å². The Morgan fingerprint density at radius 3 is 2.80 bits per heavy atom. The van der Waals surface area contributed by atoms with E-state index < -0.39 is 5.63 Å². The smallest absolute Gasteiger partial charge is 0.365 e. The van der Waals surface area contributed by atoms with Gasteiger partial charge in [0.2, 0.25) is 0 Å². The van der Waals surface area contributed by atoms with Gasteiger partial charge in [-0.1, -0.05) is 6.58 Å². The summed E-state index contributed by atoms with van der Waals surface area (Å²) in [7, 11) is 1.56. The third-order valence-corrected chi connectivity index (χ3v) is 3.25. The SMILES string of the molecule is C=c1[nH]oc(=O)c1=Cc1cc(Br)c(OCC)c(OC)c1. The van der Waals surface area contributed by atoms with Crippen LogP contribution in [0.3, 0.4) is 0 Å². The number of rotatable bonds is 4. The Hall–Kier alpha value is -1.95. The molecule has 106 valence electrons. The lowest BCUT2D eigenvalue weighted by atomic mass is 10.1. The van der Waals surface area contributed by atoms with Gasteiger partial charge in [-0.15, -0.1) is 0 Å². The van der Waals surface area contributed by atoms with Crippen LogP contribution in [0, 0.1) is 0 Å². The summed E-state index contributed by atoms with van der Waals surface area (Å²) in [6.07, 6.45) is 1.67. The van der Waals surface area contributed by atoms with Crippen molar-refractivity contribution in [3.05, 3.63) is 43.2 Å². The van der Waals surface area contributed by atoms with Crippen LogP contribution in [0.15, 0.2) is 25.9 Å². The lowest BCUT2D eigenvalue weighted by molar-refractivity contribution is 0.309. The molecule has 20 heavy (non-hydrogen) atoms. The first-order valence-corrected chi connectivity index (χ1v) is 6.74. The standard InChI is InChI=1S/C14H14BrNO4/c1-4-19-13-11(15)6-9(7-12(13)18-3)5-10-8(2)16-20-14(10)17/h5-7,16H,2,4H2,1,3H3. The first-order valence-electron chi connectivity index (χ1n) is 5.95. The van der Waals surface area contributed by atoms with E-state index in [1.165, 1.54) is 0 Å². The molecule has 0 aliphatic carbocycles. The molecule has 1 N–H and O–H groups in total. The second kappa shape index (κ2) is 6.00. The Morgan fingerprint density at radius 2 is 2.25 bits per heavy atom. The first kappa shape index (κ1) is 14.5. The highest BCUT2D eigenvalue weighted by Gasteiger charge is 2.10. The molecular weight excluding hydrogens is 326 g/mol. The predicted octanol–water partition coefficient (Wildman–Crippen LogP) is 1.38. The second-order valence-electron chi connectivity index (χ2n) is 4.00. The maximum Gasteiger partial charge on any atom is 0.365 e. The summed E-state index contributed by atoms with van der Waals surface area (Å²) < 4.78 is 16.2. The maximum atomic E-state index is 11.5. The molecule has 5 nitrogen and oxygen atoms in total. The lowest BCUT2D eigenvalue weighted by Crippen LogP contribution is -2.31. The highest BCUT2D eigenvalue weighted by molar-refractivity contribution is 9.10. The number of H-pyrrole nitrogens is 1. The Morgan fingerprint density at radius 1 is 1.50 bits per heavy atom. The molecule has 1 aromatic carbocycles. The van der Waals surface area contributed by atoms with E-state index >= 15 is 0 Å². The molecule has 0 fully saturated rings. The molecule has 0 aliphatic rings. The number of aromatic nitrogens is 1. The Bertz CT molecular complexity index is 745. The zero-order valence-corrected chi connectivity index (χ0v) is 12.7. The summed E-state index contributed by atoms with van der Waals surface area (Å²) in [5.74, 6) is 1.21. The number of ether oxygens (including phenoxy) is 2. The molecule has 0 spiro atoms. The quantitative estimate of drug-likeness (QED) is 0.913. The van der Waals surface area contributed by atoms with Gasteiger partial charge in [0.25, 0.3) is 0 Å². The molecule has 2 aromatic rings. The number of nitrogens with one attached hydrogen (secondary N) is 1. The van der Waals surface area contributed by atoms with Crippen molar-refractivity contribution in [1.29, 1.82) is 0 Å². The minimum Gasteiger partial charge on any atom is -0.493 e. The highest BCUT2D eigenvalue weighted by atomic mass is 79.9. The Balaban J connectivity index is 2.61. The largest absolute Gasteiger partial charge is 0.493 e. The van der Waals surface area contributed by atoms with Crippen LogP contribution in [-0.2, 0) is 0 Å². The molecule has 0 aliphatic heterocycles. The van der Waals surface area contributed by atoms with Crippen LogP contribution in [0.25, 0.3) is 12.7 Å². The maximum absolute atomic E-state index is 11.5. The van der Waals surface area contributed by atoms with E-state index in [0.29, 0.717) is 28.7 Å². The molecule has 6 heteroatoms. The van der Waals surface area contributed by atoms with E-state index in [1.54, 1.807) is 19.3 Å². The topological polar surface area (TPSA) is 64.5 Å². The van der Waals surface area contributed by atoms with Crippen LogP contribution >= 0.6 is 15.9 Å². The van der Waals surface area contributed by atoms with E-state index in [4.69, 9.17) is 9.47 Å². The molecule has 1 heterocycles. The normalized spacial score (nSPS) is 11.7. The lowest BCUT2D eigenvalue weighted by Gasteiger charge is -2.12. The van der Waals surface area contributed by atoms with Gasteiger partial charge in [-0.25, -0.2) is 9.95 Å². The second-order valence-corrected chi connectivity index (χ2v) is 4.85. The molecular formula is C14H14BrNO4. The summed E-state index contributed by atoms with van der Waals surface area (Å²) in [6.45, 7) is 6.13. The zero-order chi connectivity index (χ0) is 14.7. The average Bonchev–Trinajstić information content (AvgIpc) is 2.73. The van der Waals surface area contributed by atoms with Crippen molar-refractivity contribution in [3.8, 4) is 11.5 Å². The van der Waals surface area contributed by atoms with E-state index in [-0.39, 0.29) is 0 Å². The molecule has 1 aromatic heterocycles. The van der Waals surface area contributed by atoms with Crippen LogP contribution in [-0.4, -0.2) is 18.9 Å². The van der Waals surface area contributed by atoms with E-state index in [0.717, 1.165) is 10.0 Å². The van der Waals surface area contributed by atoms with Gasteiger partial charge in [0.1, 0.15) is 0 Å². The van der Waals surface area contributed by atoms with E-state index in [1.807, 2.05) is 13.0 Å². The molecule has 0 amide bonds. The molecule has 2 rings (SSSR count). The van der Waals surface area contributed by atoms with Gasteiger partial charge in [0.05, 0.1) is 28.8 Å². The van der Waals surface area contributed by atoms with Crippen LogP contribution < -0.4 is 25.7 Å². The van der Waals surface area contributed by atoms with Gasteiger partial charge in [0, 0.05) is 0 Å². The highest BCUT2D eigenvalue weighted by Crippen LogP contribution is 2.36. The fraction of sp³-hybridized carbons (Fsp3) is 0.214. The van der Waals surface area contributed by atoms with E-state index in [9.17, 15) is 4.79 Å². The van der Waals surface area contributed by atoms with Crippen molar-refractivity contribution < 1.29 is 14.0 Å². The van der Waals surface area contributed by atoms with Gasteiger partial charge in [0.15, 0.2) is 11.5 Å². The number of aromatic amines is 1. The van der Waals surface area contributed by atoms with Crippen LogP contribution in [0.1, 0.15) is 12.5 Å². The van der Waals surface area contributed by atoms with Crippen molar-refractivity contribution >= 4 is 28.6 Å². The third kappa shape index (κ3) is 2.80. The van der Waals surface area contributed by atoms with Gasteiger partial charge >= 0.3 is 5.63 Å². The van der Waals surface area contributed by atoms with Crippen molar-refractivity contribution in [3.63, 3.8) is 0 Å². The van der Waals surface area contributed by atoms with Crippen LogP contribution in [0.4, 0.5) is 0 Å². The van der Waals surface area contributed by atoms with Gasteiger partial charge in [-0.05, 0) is 46.6 Å². The number of methoxy groups -OCH3 is 1. The number of benzene rings is 1. The minimum atomic E-state index is -0.459. The Labute approximate surface area is 123 Å². The fourth-order valence-electron chi connectivity index (χ4n) is 1.76. The van der Waals surface area contributed by atoms with Crippen molar-refractivity contribution in [2.24, 2.45) is 0 Å². The van der Waals surface area contributed by atoms with Gasteiger partial charge in [-0.3, -0.25) is 0 Å². The van der Waals surface area contributed by atoms with Crippen LogP contribution in [0.2, 0.25) is 0 Å². The zero-order valence-electron chi connectivity index (χ0n) is 11.2. The molecule has 0 radical (unpaired) electrons. The van der Waals surface area contributed by atoms with Crippen molar-refractivity contribution in [2.45, 2.75) is 6.92 Å². The fourth-order valence-corrected chi connectivity index (χ4v) is 2.34. The molecule has 0 bridgehead atoms. The number of hydrogen-bond donors (Lipinski definition) is 1. The summed E-state index contributed by atoms with van der Waals surface area (Å²) in [5, 5.41) is 3.24. The van der Waals surface area contributed by atoms with Crippen molar-refractivity contribution in [1.82, 2.24) is 5.16 Å². The molecule has 0 atom stereocenters. The summed E-state index contributed by atoms with van der Waals surface area (Å²) in [4.78, 5) is 11.5. The first-order chi connectivity index (χ1) is 9.56. The third-order valence-electron chi connectivity index (χ3n) is 2.66. The predicted molar refractivity (Wildman–Crippen MR) is 79.5 cm³/mol. The molecule has 0 saturated heterocycles. The number of hydrogen-bond acceptors (Lipinski definition) is 4. The summed E-state index contributed by atoms with van der Waals surface area (Å²) in [6, 6.07) is 3.61.